The van der Waals surface area contributed by atoms with Crippen molar-refractivity contribution >= 4 is 0 Å². The number of rotatable bonds is 3. The minimum atomic E-state index is 0.758. The molecule has 0 amide bonds. The summed E-state index contributed by atoms with van der Waals surface area (Å²) in [6.45, 7) is 8.53. The van der Waals surface area contributed by atoms with E-state index in [9.17, 15) is 0 Å². The van der Waals surface area contributed by atoms with Crippen LogP contribution in [0.25, 0.3) is 0 Å². The minimum Gasteiger partial charge on any atom is -0.313 e. The Morgan fingerprint density at radius 3 is 2.80 bits per heavy atom. The molecule has 0 aromatic carbocycles. The third-order valence-corrected chi connectivity index (χ3v) is 4.01. The summed E-state index contributed by atoms with van der Waals surface area (Å²) in [4.78, 5) is 2.75. The largest absolute Gasteiger partial charge is 0.313 e. The van der Waals surface area contributed by atoms with Crippen molar-refractivity contribution in [2.75, 3.05) is 19.6 Å². The molecule has 1 aliphatic heterocycles. The average molecular weight is 210 g/mol. The van der Waals surface area contributed by atoms with Crippen LogP contribution in [-0.4, -0.2) is 36.6 Å². The molecule has 0 aromatic heterocycles. The molecular weight excluding hydrogens is 184 g/mol. The summed E-state index contributed by atoms with van der Waals surface area (Å²) in [5, 5.41) is 3.69. The Balaban J connectivity index is 1.82. The highest BCUT2D eigenvalue weighted by atomic mass is 15.2. The van der Waals surface area contributed by atoms with Gasteiger partial charge in [-0.25, -0.2) is 0 Å². The quantitative estimate of drug-likeness (QED) is 0.768. The van der Waals surface area contributed by atoms with Crippen molar-refractivity contribution in [2.24, 2.45) is 5.92 Å². The molecule has 15 heavy (non-hydrogen) atoms. The molecule has 1 atom stereocenters. The first-order valence-electron chi connectivity index (χ1n) is 6.77. The van der Waals surface area contributed by atoms with Crippen LogP contribution in [-0.2, 0) is 0 Å². The number of hydrogen-bond acceptors (Lipinski definition) is 2. The molecule has 1 N–H and O–H groups in total. The Labute approximate surface area is 94.4 Å². The van der Waals surface area contributed by atoms with Gasteiger partial charge in [0.15, 0.2) is 0 Å². The number of hydrogen-bond donors (Lipinski definition) is 1. The summed E-state index contributed by atoms with van der Waals surface area (Å²) in [6, 6.07) is 1.67. The lowest BCUT2D eigenvalue weighted by molar-refractivity contribution is 0.0838. The van der Waals surface area contributed by atoms with Crippen LogP contribution in [0.5, 0.6) is 0 Å². The second-order valence-corrected chi connectivity index (χ2v) is 5.52. The number of nitrogens with one attached hydrogen (secondary N) is 1. The van der Waals surface area contributed by atoms with Gasteiger partial charge in [0.1, 0.15) is 0 Å². The zero-order chi connectivity index (χ0) is 10.7. The molecule has 2 rings (SSSR count). The molecule has 0 radical (unpaired) electrons. The van der Waals surface area contributed by atoms with Gasteiger partial charge in [0.2, 0.25) is 0 Å². The van der Waals surface area contributed by atoms with Gasteiger partial charge in [-0.1, -0.05) is 20.3 Å². The van der Waals surface area contributed by atoms with Gasteiger partial charge in [-0.2, -0.15) is 0 Å². The van der Waals surface area contributed by atoms with E-state index in [1.165, 1.54) is 51.7 Å². The van der Waals surface area contributed by atoms with E-state index < -0.39 is 0 Å². The Kier molecular flexibility index (Phi) is 4.04. The normalized spacial score (nSPS) is 38.4. The summed E-state index contributed by atoms with van der Waals surface area (Å²) >= 11 is 0. The van der Waals surface area contributed by atoms with Crippen molar-refractivity contribution in [2.45, 2.75) is 58.0 Å². The van der Waals surface area contributed by atoms with Gasteiger partial charge in [-0.15, -0.1) is 0 Å². The van der Waals surface area contributed by atoms with Crippen LogP contribution >= 0.6 is 0 Å². The second-order valence-electron chi connectivity index (χ2n) is 5.52. The molecule has 1 saturated heterocycles. The molecule has 1 heterocycles. The van der Waals surface area contributed by atoms with Gasteiger partial charge >= 0.3 is 0 Å². The van der Waals surface area contributed by atoms with Gasteiger partial charge in [0.25, 0.3) is 0 Å². The molecular formula is C13H26N2. The van der Waals surface area contributed by atoms with Gasteiger partial charge in [-0.05, 0) is 44.7 Å². The molecule has 88 valence electrons. The Morgan fingerprint density at radius 1 is 1.33 bits per heavy atom. The zero-order valence-corrected chi connectivity index (χ0v) is 10.3. The lowest BCUT2D eigenvalue weighted by atomic mass is 9.80. The SMILES string of the molecule is CCCC1CN(C2CC(C)C2)CCCN1. The molecule has 0 aromatic rings. The summed E-state index contributed by atoms with van der Waals surface area (Å²) < 4.78 is 0. The summed E-state index contributed by atoms with van der Waals surface area (Å²) in [7, 11) is 0. The first-order valence-corrected chi connectivity index (χ1v) is 6.77. The van der Waals surface area contributed by atoms with Crippen molar-refractivity contribution in [3.63, 3.8) is 0 Å². The molecule has 2 aliphatic rings. The van der Waals surface area contributed by atoms with E-state index in [1.54, 1.807) is 0 Å². The van der Waals surface area contributed by atoms with E-state index in [2.05, 4.69) is 24.1 Å². The van der Waals surface area contributed by atoms with Crippen molar-refractivity contribution in [1.29, 1.82) is 0 Å². The first-order chi connectivity index (χ1) is 7.29. The summed E-state index contributed by atoms with van der Waals surface area (Å²) in [6.07, 6.45) is 6.88. The Hall–Kier alpha value is -0.0800. The van der Waals surface area contributed by atoms with Crippen LogP contribution in [0.4, 0.5) is 0 Å². The fourth-order valence-electron chi connectivity index (χ4n) is 3.06. The van der Waals surface area contributed by atoms with E-state index in [0.29, 0.717) is 0 Å². The smallest absolute Gasteiger partial charge is 0.0195 e. The number of nitrogens with zero attached hydrogens (tertiary/aromatic N) is 1. The molecule has 0 bridgehead atoms. The molecule has 0 spiro atoms. The lowest BCUT2D eigenvalue weighted by Crippen LogP contribution is -2.47. The van der Waals surface area contributed by atoms with Gasteiger partial charge in [0, 0.05) is 18.6 Å². The Bertz CT molecular complexity index is 187. The first kappa shape index (κ1) is 11.4. The summed E-state index contributed by atoms with van der Waals surface area (Å²) in [5.41, 5.74) is 0. The third kappa shape index (κ3) is 2.94. The average Bonchev–Trinajstić information content (AvgIpc) is 2.39. The van der Waals surface area contributed by atoms with Crippen LogP contribution < -0.4 is 5.32 Å². The maximum Gasteiger partial charge on any atom is 0.0195 e. The van der Waals surface area contributed by atoms with Gasteiger partial charge < -0.3 is 5.32 Å². The highest BCUT2D eigenvalue weighted by Crippen LogP contribution is 2.31. The lowest BCUT2D eigenvalue weighted by Gasteiger charge is -2.42. The fraction of sp³-hybridized carbons (Fsp3) is 1.00. The molecule has 2 heteroatoms. The van der Waals surface area contributed by atoms with Gasteiger partial charge in [0.05, 0.1) is 0 Å². The highest BCUT2D eigenvalue weighted by molar-refractivity contribution is 4.88. The standard InChI is InChI=1S/C13H26N2/c1-3-5-12-10-15(7-4-6-14-12)13-8-11(2)9-13/h11-14H,3-10H2,1-2H3. The maximum atomic E-state index is 3.69. The van der Waals surface area contributed by atoms with Crippen molar-refractivity contribution < 1.29 is 0 Å². The van der Waals surface area contributed by atoms with E-state index >= 15 is 0 Å². The topological polar surface area (TPSA) is 15.3 Å². The van der Waals surface area contributed by atoms with E-state index in [0.717, 1.165) is 18.0 Å². The molecule has 1 saturated carbocycles. The third-order valence-electron chi connectivity index (χ3n) is 4.01. The minimum absolute atomic E-state index is 0.758. The van der Waals surface area contributed by atoms with Crippen LogP contribution in [0.3, 0.4) is 0 Å². The molecule has 1 unspecified atom stereocenters. The second kappa shape index (κ2) is 5.31. The van der Waals surface area contributed by atoms with Crippen LogP contribution in [0.1, 0.15) is 46.0 Å². The van der Waals surface area contributed by atoms with Crippen LogP contribution in [0.2, 0.25) is 0 Å². The van der Waals surface area contributed by atoms with Gasteiger partial charge in [-0.3, -0.25) is 4.90 Å². The van der Waals surface area contributed by atoms with E-state index in [-0.39, 0.29) is 0 Å². The summed E-state index contributed by atoms with van der Waals surface area (Å²) in [5.74, 6) is 0.982. The fourth-order valence-corrected chi connectivity index (χ4v) is 3.06. The maximum absolute atomic E-state index is 3.69. The highest BCUT2D eigenvalue weighted by Gasteiger charge is 2.32. The van der Waals surface area contributed by atoms with Crippen molar-refractivity contribution in [3.8, 4) is 0 Å². The zero-order valence-electron chi connectivity index (χ0n) is 10.3. The van der Waals surface area contributed by atoms with E-state index in [4.69, 9.17) is 0 Å². The molecule has 2 fully saturated rings. The van der Waals surface area contributed by atoms with Crippen LogP contribution in [0, 0.1) is 5.92 Å². The molecule has 2 nitrogen and oxygen atoms in total. The van der Waals surface area contributed by atoms with Crippen molar-refractivity contribution in [3.05, 3.63) is 0 Å². The van der Waals surface area contributed by atoms with Crippen LogP contribution in [0.15, 0.2) is 0 Å². The monoisotopic (exact) mass is 210 g/mol. The predicted octanol–water partition coefficient (Wildman–Crippen LogP) is 2.25. The van der Waals surface area contributed by atoms with Crippen molar-refractivity contribution in [1.82, 2.24) is 10.2 Å². The predicted molar refractivity (Wildman–Crippen MR) is 65.1 cm³/mol. The molecule has 1 aliphatic carbocycles. The Morgan fingerprint density at radius 2 is 2.13 bits per heavy atom. The van der Waals surface area contributed by atoms with E-state index in [1.807, 2.05) is 0 Å².